The first-order chi connectivity index (χ1) is 7.49. The van der Waals surface area contributed by atoms with E-state index in [-0.39, 0.29) is 6.04 Å². The van der Waals surface area contributed by atoms with Gasteiger partial charge in [-0.15, -0.1) is 11.3 Å². The number of hydrogen-bond donors (Lipinski definition) is 1. The van der Waals surface area contributed by atoms with Crippen LogP contribution in [-0.4, -0.2) is 4.98 Å². The number of nitrogens with zero attached hydrogens (tertiary/aromatic N) is 1. The van der Waals surface area contributed by atoms with E-state index in [0.717, 1.165) is 24.5 Å². The molecule has 1 rings (SSSR count). The lowest BCUT2D eigenvalue weighted by Crippen LogP contribution is -2.13. The summed E-state index contributed by atoms with van der Waals surface area (Å²) in [4.78, 5) is 4.63. The van der Waals surface area contributed by atoms with Crippen molar-refractivity contribution in [3.63, 3.8) is 0 Å². The van der Waals surface area contributed by atoms with E-state index in [4.69, 9.17) is 5.73 Å². The minimum absolute atomic E-state index is 0.115. The summed E-state index contributed by atoms with van der Waals surface area (Å²) in [6.45, 7) is 8.90. The summed E-state index contributed by atoms with van der Waals surface area (Å²) in [5.41, 5.74) is 7.19. The van der Waals surface area contributed by atoms with Crippen molar-refractivity contribution < 1.29 is 0 Å². The Hall–Kier alpha value is -0.410. The highest BCUT2D eigenvalue weighted by Gasteiger charge is 2.12. The summed E-state index contributed by atoms with van der Waals surface area (Å²) in [6.07, 6.45) is 3.33. The van der Waals surface area contributed by atoms with Crippen molar-refractivity contribution in [1.29, 1.82) is 0 Å². The van der Waals surface area contributed by atoms with Gasteiger partial charge in [-0.3, -0.25) is 0 Å². The molecule has 2 N–H and O–H groups in total. The average molecular weight is 240 g/mol. The van der Waals surface area contributed by atoms with E-state index in [1.165, 1.54) is 11.4 Å². The second kappa shape index (κ2) is 6.36. The maximum atomic E-state index is 6.11. The van der Waals surface area contributed by atoms with E-state index < -0.39 is 0 Å². The molecule has 0 aromatic carbocycles. The second-order valence-corrected chi connectivity index (χ2v) is 6.28. The number of aryl methyl sites for hydroxylation is 1. The van der Waals surface area contributed by atoms with Crippen LogP contribution < -0.4 is 5.73 Å². The van der Waals surface area contributed by atoms with Gasteiger partial charge in [-0.25, -0.2) is 4.98 Å². The van der Waals surface area contributed by atoms with Crippen LogP contribution >= 0.6 is 11.3 Å². The van der Waals surface area contributed by atoms with Crippen LogP contribution in [0.5, 0.6) is 0 Å². The minimum atomic E-state index is 0.115. The Morgan fingerprint density at radius 2 is 1.94 bits per heavy atom. The maximum absolute atomic E-state index is 6.11. The molecule has 0 saturated heterocycles. The first kappa shape index (κ1) is 13.7. The smallest absolute Gasteiger partial charge is 0.0929 e. The molecule has 0 fully saturated rings. The lowest BCUT2D eigenvalue weighted by Gasteiger charge is -2.11. The van der Waals surface area contributed by atoms with Crippen LogP contribution in [0.3, 0.4) is 0 Å². The molecule has 1 atom stereocenters. The van der Waals surface area contributed by atoms with Crippen molar-refractivity contribution in [2.45, 2.75) is 53.0 Å². The lowest BCUT2D eigenvalue weighted by atomic mass is 10.0. The molecular weight excluding hydrogens is 216 g/mol. The standard InChI is InChI=1S/C13H24N2S/c1-9(2)5-6-13-15-12(8-16-13)11(14)7-10(3)4/h8-11H,5-7,14H2,1-4H3. The molecule has 0 bridgehead atoms. The Morgan fingerprint density at radius 3 is 2.50 bits per heavy atom. The van der Waals surface area contributed by atoms with Gasteiger partial charge >= 0.3 is 0 Å². The van der Waals surface area contributed by atoms with E-state index in [2.05, 4.69) is 38.1 Å². The second-order valence-electron chi connectivity index (χ2n) is 5.33. The summed E-state index contributed by atoms with van der Waals surface area (Å²) in [5.74, 6) is 1.38. The van der Waals surface area contributed by atoms with Crippen molar-refractivity contribution in [1.82, 2.24) is 4.98 Å². The number of thiazole rings is 1. The zero-order chi connectivity index (χ0) is 12.1. The van der Waals surface area contributed by atoms with Crippen LogP contribution in [0.1, 0.15) is 57.3 Å². The number of nitrogens with two attached hydrogens (primary N) is 1. The van der Waals surface area contributed by atoms with Crippen LogP contribution in [0.2, 0.25) is 0 Å². The van der Waals surface area contributed by atoms with Crippen molar-refractivity contribution in [3.8, 4) is 0 Å². The van der Waals surface area contributed by atoms with Crippen molar-refractivity contribution >= 4 is 11.3 Å². The molecule has 0 aliphatic carbocycles. The van der Waals surface area contributed by atoms with E-state index in [1.54, 1.807) is 11.3 Å². The van der Waals surface area contributed by atoms with Crippen LogP contribution in [0.25, 0.3) is 0 Å². The van der Waals surface area contributed by atoms with E-state index >= 15 is 0 Å². The molecule has 2 nitrogen and oxygen atoms in total. The van der Waals surface area contributed by atoms with Crippen LogP contribution in [0, 0.1) is 11.8 Å². The monoisotopic (exact) mass is 240 g/mol. The first-order valence-corrected chi connectivity index (χ1v) is 7.07. The molecule has 0 aliphatic heterocycles. The highest BCUT2D eigenvalue weighted by atomic mass is 32.1. The van der Waals surface area contributed by atoms with Gasteiger partial charge in [0.1, 0.15) is 0 Å². The topological polar surface area (TPSA) is 38.9 Å². The molecule has 1 unspecified atom stereocenters. The molecule has 0 amide bonds. The van der Waals surface area contributed by atoms with Gasteiger partial charge in [-0.2, -0.15) is 0 Å². The fourth-order valence-electron chi connectivity index (χ4n) is 1.65. The molecule has 1 aromatic rings. The van der Waals surface area contributed by atoms with Gasteiger partial charge in [0, 0.05) is 11.4 Å². The highest BCUT2D eigenvalue weighted by molar-refractivity contribution is 7.09. The Kier molecular flexibility index (Phi) is 5.42. The third kappa shape index (κ3) is 4.62. The van der Waals surface area contributed by atoms with Crippen LogP contribution in [-0.2, 0) is 6.42 Å². The van der Waals surface area contributed by atoms with Crippen LogP contribution in [0.4, 0.5) is 0 Å². The van der Waals surface area contributed by atoms with Crippen LogP contribution in [0.15, 0.2) is 5.38 Å². The summed E-state index contributed by atoms with van der Waals surface area (Å²) in [5, 5.41) is 3.37. The van der Waals surface area contributed by atoms with E-state index in [9.17, 15) is 0 Å². The van der Waals surface area contributed by atoms with Gasteiger partial charge in [0.25, 0.3) is 0 Å². The molecular formula is C13H24N2S. The minimum Gasteiger partial charge on any atom is -0.323 e. The van der Waals surface area contributed by atoms with E-state index in [1.807, 2.05) is 0 Å². The molecule has 0 spiro atoms. The molecule has 16 heavy (non-hydrogen) atoms. The largest absolute Gasteiger partial charge is 0.323 e. The first-order valence-electron chi connectivity index (χ1n) is 6.19. The fourth-order valence-corrected chi connectivity index (χ4v) is 2.53. The van der Waals surface area contributed by atoms with Gasteiger partial charge in [-0.05, 0) is 31.1 Å². The predicted octanol–water partition coefficient (Wildman–Crippen LogP) is 3.78. The Bertz CT molecular complexity index is 305. The number of aromatic nitrogens is 1. The summed E-state index contributed by atoms with van der Waals surface area (Å²) in [7, 11) is 0. The quantitative estimate of drug-likeness (QED) is 0.822. The summed E-state index contributed by atoms with van der Waals surface area (Å²) >= 11 is 1.76. The SMILES string of the molecule is CC(C)CCc1nc(C(N)CC(C)C)cs1. The molecule has 0 saturated carbocycles. The normalized spacial score (nSPS) is 13.7. The van der Waals surface area contributed by atoms with Crippen molar-refractivity contribution in [2.75, 3.05) is 0 Å². The zero-order valence-electron chi connectivity index (χ0n) is 10.9. The Morgan fingerprint density at radius 1 is 1.25 bits per heavy atom. The molecule has 0 aliphatic rings. The highest BCUT2D eigenvalue weighted by Crippen LogP contribution is 2.22. The van der Waals surface area contributed by atoms with Gasteiger partial charge in [0.05, 0.1) is 10.7 Å². The fraction of sp³-hybridized carbons (Fsp3) is 0.769. The molecule has 0 radical (unpaired) electrons. The van der Waals surface area contributed by atoms with Crippen molar-refractivity contribution in [3.05, 3.63) is 16.1 Å². The van der Waals surface area contributed by atoms with Crippen molar-refractivity contribution in [2.24, 2.45) is 17.6 Å². The molecule has 3 heteroatoms. The maximum Gasteiger partial charge on any atom is 0.0929 e. The Labute approximate surface area is 103 Å². The Balaban J connectivity index is 2.50. The number of rotatable bonds is 6. The third-order valence-corrected chi connectivity index (χ3v) is 3.54. The molecule has 1 aromatic heterocycles. The van der Waals surface area contributed by atoms with Gasteiger partial charge in [-0.1, -0.05) is 27.7 Å². The molecule has 92 valence electrons. The summed E-state index contributed by atoms with van der Waals surface area (Å²) < 4.78 is 0. The third-order valence-electron chi connectivity index (χ3n) is 2.61. The molecule has 1 heterocycles. The van der Waals surface area contributed by atoms with E-state index in [0.29, 0.717) is 5.92 Å². The van der Waals surface area contributed by atoms with Gasteiger partial charge < -0.3 is 5.73 Å². The van der Waals surface area contributed by atoms with Gasteiger partial charge in [0.15, 0.2) is 0 Å². The zero-order valence-corrected chi connectivity index (χ0v) is 11.7. The number of hydrogen-bond acceptors (Lipinski definition) is 3. The van der Waals surface area contributed by atoms with Gasteiger partial charge in [0.2, 0.25) is 0 Å². The lowest BCUT2D eigenvalue weighted by molar-refractivity contribution is 0.502. The summed E-state index contributed by atoms with van der Waals surface area (Å²) in [6, 6.07) is 0.115. The predicted molar refractivity (Wildman–Crippen MR) is 71.7 cm³/mol. The average Bonchev–Trinajstić information content (AvgIpc) is 2.61.